The van der Waals surface area contributed by atoms with Gasteiger partial charge in [0.1, 0.15) is 9.53 Å². The van der Waals surface area contributed by atoms with Gasteiger partial charge in [-0.05, 0) is 11.1 Å². The van der Waals surface area contributed by atoms with Gasteiger partial charge in [0.25, 0.3) is 5.56 Å². The summed E-state index contributed by atoms with van der Waals surface area (Å²) in [6.07, 6.45) is 3.42. The normalized spacial score (nSPS) is 11.8. The molecule has 2 aromatic heterocycles. The Kier molecular flexibility index (Phi) is 1.55. The van der Waals surface area contributed by atoms with Crippen LogP contribution < -0.4 is 5.56 Å². The van der Waals surface area contributed by atoms with Crippen LogP contribution >= 0.6 is 11.3 Å². The van der Waals surface area contributed by atoms with Crippen LogP contribution in [0.25, 0.3) is 31.6 Å². The number of aromatic nitrogens is 3. The Labute approximate surface area is 99.3 Å². The second kappa shape index (κ2) is 2.95. The Hall–Kier alpha value is -2.14. The first-order chi connectivity index (χ1) is 8.34. The minimum atomic E-state index is -0.0793. The van der Waals surface area contributed by atoms with Crippen molar-refractivity contribution in [2.75, 3.05) is 0 Å². The highest BCUT2D eigenvalue weighted by Crippen LogP contribution is 2.37. The number of aromatic amines is 2. The number of H-pyrrole nitrogens is 2. The van der Waals surface area contributed by atoms with E-state index in [0.29, 0.717) is 4.70 Å². The van der Waals surface area contributed by atoms with Crippen molar-refractivity contribution in [2.24, 2.45) is 0 Å². The molecular formula is C12H7N3OS. The van der Waals surface area contributed by atoms with Crippen molar-refractivity contribution in [1.29, 1.82) is 0 Å². The van der Waals surface area contributed by atoms with Crippen molar-refractivity contribution < 1.29 is 0 Å². The van der Waals surface area contributed by atoms with Crippen molar-refractivity contribution in [2.45, 2.75) is 0 Å². The Morgan fingerprint density at radius 1 is 1.24 bits per heavy atom. The van der Waals surface area contributed by atoms with Crippen LogP contribution in [0.15, 0.2) is 35.5 Å². The summed E-state index contributed by atoms with van der Waals surface area (Å²) in [7, 11) is 0. The van der Waals surface area contributed by atoms with Gasteiger partial charge in [0.05, 0.1) is 11.8 Å². The van der Waals surface area contributed by atoms with Gasteiger partial charge in [0, 0.05) is 11.6 Å². The topological polar surface area (TPSA) is 61.5 Å². The second-order valence-electron chi connectivity index (χ2n) is 3.90. The van der Waals surface area contributed by atoms with Crippen LogP contribution in [0.4, 0.5) is 0 Å². The summed E-state index contributed by atoms with van der Waals surface area (Å²) in [6.45, 7) is 0. The highest BCUT2D eigenvalue weighted by atomic mass is 32.1. The number of hydrogen-bond acceptors (Lipinski definition) is 3. The fraction of sp³-hybridized carbons (Fsp3) is 0. The van der Waals surface area contributed by atoms with Crippen LogP contribution in [-0.2, 0) is 0 Å². The minimum Gasteiger partial charge on any atom is -0.352 e. The van der Waals surface area contributed by atoms with Crippen LogP contribution in [-0.4, -0.2) is 15.0 Å². The number of fused-ring (bicyclic) bond motifs is 5. The maximum Gasteiger partial charge on any atom is 0.268 e. The molecule has 0 unspecified atom stereocenters. The molecule has 0 saturated heterocycles. The molecule has 3 heterocycles. The molecule has 4 nitrogen and oxygen atoms in total. The molecule has 2 N–H and O–H groups in total. The van der Waals surface area contributed by atoms with Crippen LogP contribution in [0.5, 0.6) is 0 Å². The number of pyridine rings is 1. The van der Waals surface area contributed by atoms with E-state index in [4.69, 9.17) is 0 Å². The first-order valence-electron chi connectivity index (χ1n) is 5.20. The van der Waals surface area contributed by atoms with Gasteiger partial charge >= 0.3 is 0 Å². The summed E-state index contributed by atoms with van der Waals surface area (Å²) in [4.78, 5) is 22.8. The molecule has 0 fully saturated rings. The average molecular weight is 241 g/mol. The van der Waals surface area contributed by atoms with E-state index in [0.717, 1.165) is 26.9 Å². The van der Waals surface area contributed by atoms with Gasteiger partial charge < -0.3 is 9.97 Å². The fourth-order valence-corrected chi connectivity index (χ4v) is 3.24. The standard InChI is InChI=1S/C12H7N3OS/c16-11-10-9(14-5-15-11)8-7-3-1-2-6(7)4-13-12(8)17-10/h1-5,13H,(H,14,15,16). The molecule has 0 aromatic carbocycles. The summed E-state index contributed by atoms with van der Waals surface area (Å²) in [5.41, 5.74) is 2.98. The molecule has 0 spiro atoms. The van der Waals surface area contributed by atoms with Gasteiger partial charge in [0.15, 0.2) is 0 Å². The molecule has 82 valence electrons. The van der Waals surface area contributed by atoms with Crippen molar-refractivity contribution in [3.05, 3.63) is 41.1 Å². The van der Waals surface area contributed by atoms with Crippen molar-refractivity contribution >= 4 is 31.8 Å². The Bertz CT molecular complexity index is 870. The molecule has 0 radical (unpaired) electrons. The molecule has 2 aromatic rings. The Morgan fingerprint density at radius 2 is 2.18 bits per heavy atom. The zero-order valence-corrected chi connectivity index (χ0v) is 9.47. The molecule has 0 amide bonds. The maximum atomic E-state index is 11.7. The number of hydrogen-bond donors (Lipinski definition) is 2. The maximum absolute atomic E-state index is 11.7. The molecule has 0 atom stereocenters. The van der Waals surface area contributed by atoms with Gasteiger partial charge in [-0.1, -0.05) is 18.2 Å². The largest absolute Gasteiger partial charge is 0.352 e. The quantitative estimate of drug-likeness (QED) is 0.497. The average Bonchev–Trinajstić information content (AvgIpc) is 2.91. The molecule has 5 heteroatoms. The van der Waals surface area contributed by atoms with E-state index in [1.165, 1.54) is 17.7 Å². The van der Waals surface area contributed by atoms with Crippen molar-refractivity contribution in [1.82, 2.24) is 15.0 Å². The molecule has 2 aliphatic rings. The van der Waals surface area contributed by atoms with Crippen molar-refractivity contribution in [3.63, 3.8) is 0 Å². The fourth-order valence-electron chi connectivity index (χ4n) is 2.20. The Balaban J connectivity index is 2.39. The lowest BCUT2D eigenvalue weighted by Crippen LogP contribution is -2.03. The van der Waals surface area contributed by atoms with Crippen LogP contribution in [0, 0.1) is 0 Å². The number of rotatable bonds is 0. The summed E-state index contributed by atoms with van der Waals surface area (Å²) in [5, 5.41) is 1.04. The molecule has 4 rings (SSSR count). The summed E-state index contributed by atoms with van der Waals surface area (Å²) >= 11 is 1.44. The molecular weight excluding hydrogens is 234 g/mol. The first-order valence-corrected chi connectivity index (χ1v) is 6.02. The Morgan fingerprint density at radius 3 is 3.12 bits per heavy atom. The van der Waals surface area contributed by atoms with Gasteiger partial charge in [-0.2, -0.15) is 0 Å². The third kappa shape index (κ3) is 1.06. The second-order valence-corrected chi connectivity index (χ2v) is 4.92. The number of nitrogens with zero attached hydrogens (tertiary/aromatic N) is 1. The van der Waals surface area contributed by atoms with E-state index < -0.39 is 0 Å². The molecule has 17 heavy (non-hydrogen) atoms. The lowest BCUT2D eigenvalue weighted by atomic mass is 10.1. The summed E-state index contributed by atoms with van der Waals surface area (Å²) < 4.78 is 0.674. The van der Waals surface area contributed by atoms with Crippen molar-refractivity contribution in [3.8, 4) is 11.1 Å². The molecule has 1 aliphatic carbocycles. The van der Waals surface area contributed by atoms with E-state index in [2.05, 4.69) is 21.0 Å². The monoisotopic (exact) mass is 241 g/mol. The highest BCUT2D eigenvalue weighted by molar-refractivity contribution is 7.25. The zero-order valence-electron chi connectivity index (χ0n) is 8.65. The van der Waals surface area contributed by atoms with Gasteiger partial charge in [0.2, 0.25) is 0 Å². The number of thiophene rings is 1. The molecule has 0 saturated carbocycles. The number of nitrogens with one attached hydrogen (secondary N) is 2. The van der Waals surface area contributed by atoms with E-state index in [9.17, 15) is 4.79 Å². The SMILES string of the molecule is O=c1[nH]cnc2c1sc1[nH]cc3cccc-3c12. The smallest absolute Gasteiger partial charge is 0.268 e. The molecule has 0 bridgehead atoms. The lowest BCUT2D eigenvalue weighted by Gasteiger charge is -2.00. The van der Waals surface area contributed by atoms with Crippen LogP contribution in [0.2, 0.25) is 0 Å². The van der Waals surface area contributed by atoms with E-state index in [1.54, 1.807) is 0 Å². The third-order valence-electron chi connectivity index (χ3n) is 2.96. The van der Waals surface area contributed by atoms with E-state index in [1.807, 2.05) is 18.3 Å². The first kappa shape index (κ1) is 8.95. The van der Waals surface area contributed by atoms with Gasteiger partial charge in [-0.3, -0.25) is 4.79 Å². The molecule has 1 aliphatic heterocycles. The summed E-state index contributed by atoms with van der Waals surface area (Å²) in [6, 6.07) is 6.11. The third-order valence-corrected chi connectivity index (χ3v) is 4.07. The predicted octanol–water partition coefficient (Wildman–Crippen LogP) is 2.57. The predicted molar refractivity (Wildman–Crippen MR) is 68.7 cm³/mol. The summed E-state index contributed by atoms with van der Waals surface area (Å²) in [5.74, 6) is 0. The van der Waals surface area contributed by atoms with Crippen LogP contribution in [0.1, 0.15) is 0 Å². The highest BCUT2D eigenvalue weighted by Gasteiger charge is 2.15. The van der Waals surface area contributed by atoms with Crippen LogP contribution in [0.3, 0.4) is 0 Å². The zero-order chi connectivity index (χ0) is 11.4. The minimum absolute atomic E-state index is 0.0793. The lowest BCUT2D eigenvalue weighted by molar-refractivity contribution is 1.18. The van der Waals surface area contributed by atoms with E-state index >= 15 is 0 Å². The van der Waals surface area contributed by atoms with E-state index in [-0.39, 0.29) is 5.56 Å². The van der Waals surface area contributed by atoms with Gasteiger partial charge in [-0.25, -0.2) is 4.98 Å². The van der Waals surface area contributed by atoms with Gasteiger partial charge in [-0.15, -0.1) is 11.3 Å².